The van der Waals surface area contributed by atoms with E-state index >= 15 is 0 Å². The molecule has 2 aromatic carbocycles. The minimum absolute atomic E-state index is 0.0461. The van der Waals surface area contributed by atoms with Crippen molar-refractivity contribution in [1.29, 1.82) is 0 Å². The molecule has 0 radical (unpaired) electrons. The fourth-order valence-electron chi connectivity index (χ4n) is 6.65. The Morgan fingerprint density at radius 1 is 0.462 bits per heavy atom. The van der Waals surface area contributed by atoms with Crippen LogP contribution in [0.15, 0.2) is 24.3 Å². The Hall–Kier alpha value is -1.56. The molecular formula is C39H64. The Labute approximate surface area is 244 Å². The first kappa shape index (κ1) is 33.6. The summed E-state index contributed by atoms with van der Waals surface area (Å²) >= 11 is 0. The van der Waals surface area contributed by atoms with Gasteiger partial charge in [-0.3, -0.25) is 0 Å². The summed E-state index contributed by atoms with van der Waals surface area (Å²) in [5, 5.41) is 0. The molecule has 0 N–H and O–H groups in total. The van der Waals surface area contributed by atoms with Crippen molar-refractivity contribution < 1.29 is 0 Å². The molecule has 0 aliphatic heterocycles. The van der Waals surface area contributed by atoms with Crippen LogP contribution in [-0.4, -0.2) is 0 Å². The molecule has 0 saturated carbocycles. The van der Waals surface area contributed by atoms with Crippen LogP contribution >= 0.6 is 0 Å². The van der Waals surface area contributed by atoms with Gasteiger partial charge in [0, 0.05) is 0 Å². The molecule has 0 bridgehead atoms. The highest BCUT2D eigenvalue weighted by Gasteiger charge is 2.38. The minimum Gasteiger partial charge on any atom is -0.0617 e. The van der Waals surface area contributed by atoms with Gasteiger partial charge in [-0.05, 0) is 89.3 Å². The van der Waals surface area contributed by atoms with E-state index < -0.39 is 0 Å². The Morgan fingerprint density at radius 3 is 1.03 bits per heavy atom. The van der Waals surface area contributed by atoms with Crippen molar-refractivity contribution in [3.8, 4) is 0 Å². The predicted octanol–water partition coefficient (Wildman–Crippen LogP) is 11.8. The quantitative estimate of drug-likeness (QED) is 0.369. The van der Waals surface area contributed by atoms with Gasteiger partial charge in [-0.15, -0.1) is 0 Å². The summed E-state index contributed by atoms with van der Waals surface area (Å²) in [6, 6.07) is 9.67. The molecule has 0 nitrogen and oxygen atoms in total. The molecule has 1 atom stereocenters. The molecule has 0 aromatic heterocycles. The van der Waals surface area contributed by atoms with Gasteiger partial charge in [0.1, 0.15) is 0 Å². The van der Waals surface area contributed by atoms with E-state index in [1.54, 1.807) is 22.3 Å². The summed E-state index contributed by atoms with van der Waals surface area (Å²) in [6.45, 7) is 45.8. The first-order valence-electron chi connectivity index (χ1n) is 15.4. The van der Waals surface area contributed by atoms with Crippen molar-refractivity contribution in [2.45, 2.75) is 176 Å². The Bertz CT molecular complexity index is 1080. The van der Waals surface area contributed by atoms with Crippen LogP contribution < -0.4 is 0 Å². The van der Waals surface area contributed by atoms with E-state index in [9.17, 15) is 0 Å². The smallest absolute Gasteiger partial charge is 0.0126 e. The van der Waals surface area contributed by atoms with Crippen LogP contribution in [0.3, 0.4) is 0 Å². The highest BCUT2D eigenvalue weighted by molar-refractivity contribution is 5.57. The van der Waals surface area contributed by atoms with Gasteiger partial charge in [0.15, 0.2) is 0 Å². The van der Waals surface area contributed by atoms with Crippen molar-refractivity contribution in [1.82, 2.24) is 0 Å². The first-order valence-corrected chi connectivity index (χ1v) is 15.4. The second-order valence-electron chi connectivity index (χ2n) is 18.6. The van der Waals surface area contributed by atoms with E-state index in [4.69, 9.17) is 0 Å². The molecule has 0 spiro atoms. The van der Waals surface area contributed by atoms with Gasteiger partial charge < -0.3 is 0 Å². The molecule has 1 unspecified atom stereocenters. The summed E-state index contributed by atoms with van der Waals surface area (Å²) in [4.78, 5) is 0. The van der Waals surface area contributed by atoms with Gasteiger partial charge in [0.05, 0.1) is 0 Å². The van der Waals surface area contributed by atoms with Crippen molar-refractivity contribution in [2.75, 3.05) is 0 Å². The molecule has 0 aliphatic rings. The molecular weight excluding hydrogens is 468 g/mol. The van der Waals surface area contributed by atoms with Gasteiger partial charge in [0.25, 0.3) is 0 Å². The highest BCUT2D eigenvalue weighted by Crippen LogP contribution is 2.48. The van der Waals surface area contributed by atoms with Crippen LogP contribution in [0.2, 0.25) is 0 Å². The van der Waals surface area contributed by atoms with Crippen LogP contribution in [0, 0.1) is 0 Å². The normalized spacial score (nSPS) is 15.1. The van der Waals surface area contributed by atoms with Crippen molar-refractivity contribution in [3.63, 3.8) is 0 Å². The fraction of sp³-hybridized carbons (Fsp3) is 0.692. The molecule has 0 saturated heterocycles. The van der Waals surface area contributed by atoms with Crippen molar-refractivity contribution in [2.24, 2.45) is 0 Å². The van der Waals surface area contributed by atoms with Crippen LogP contribution in [0.5, 0.6) is 0 Å². The summed E-state index contributed by atoms with van der Waals surface area (Å²) in [7, 11) is 0. The summed E-state index contributed by atoms with van der Waals surface area (Å²) < 4.78 is 0. The second-order valence-corrected chi connectivity index (χ2v) is 18.6. The molecule has 39 heavy (non-hydrogen) atoms. The summed E-state index contributed by atoms with van der Waals surface area (Å²) in [5.41, 5.74) is 12.8. The largest absolute Gasteiger partial charge is 0.0617 e. The molecule has 220 valence electrons. The number of rotatable bonds is 3. The van der Waals surface area contributed by atoms with Crippen LogP contribution in [0.1, 0.15) is 182 Å². The van der Waals surface area contributed by atoms with Gasteiger partial charge in [0.2, 0.25) is 0 Å². The monoisotopic (exact) mass is 533 g/mol. The molecule has 0 heteroatoms. The zero-order valence-electron chi connectivity index (χ0n) is 29.6. The minimum atomic E-state index is 0.0461. The van der Waals surface area contributed by atoms with Crippen LogP contribution in [-0.2, 0) is 38.9 Å². The molecule has 0 aliphatic carbocycles. The van der Waals surface area contributed by atoms with Gasteiger partial charge in [-0.1, -0.05) is 156 Å². The third-order valence-corrected chi connectivity index (χ3v) is 8.27. The third-order valence-electron chi connectivity index (χ3n) is 8.27. The molecule has 2 aromatic rings. The fourth-order valence-corrected chi connectivity index (χ4v) is 6.65. The Kier molecular flexibility index (Phi) is 8.94. The lowest BCUT2D eigenvalue weighted by molar-refractivity contribution is 0.485. The van der Waals surface area contributed by atoms with E-state index in [1.807, 2.05) is 0 Å². The maximum atomic E-state index is 2.60. The van der Waals surface area contributed by atoms with Gasteiger partial charge in [-0.2, -0.15) is 0 Å². The van der Waals surface area contributed by atoms with E-state index in [0.717, 1.165) is 6.42 Å². The SMILES string of the molecule is CC(Cc1c(C(C)(C)C)c(C(C)(C)C)cc(C(C)(C)C)c1C(C)(C)C)c1c(C(C)(C)C)cccc1C(C)(C)C. The van der Waals surface area contributed by atoms with E-state index in [1.165, 1.54) is 22.3 Å². The summed E-state index contributed by atoms with van der Waals surface area (Å²) in [6.07, 6.45) is 1.06. The third kappa shape index (κ3) is 7.40. The van der Waals surface area contributed by atoms with E-state index in [-0.39, 0.29) is 32.5 Å². The van der Waals surface area contributed by atoms with Gasteiger partial charge in [-0.25, -0.2) is 0 Å². The number of hydrogen-bond donors (Lipinski definition) is 0. The second kappa shape index (κ2) is 10.4. The van der Waals surface area contributed by atoms with Crippen molar-refractivity contribution in [3.05, 3.63) is 68.8 Å². The van der Waals surface area contributed by atoms with Crippen molar-refractivity contribution >= 4 is 0 Å². The van der Waals surface area contributed by atoms with Crippen LogP contribution in [0.4, 0.5) is 0 Å². The zero-order valence-corrected chi connectivity index (χ0v) is 29.6. The number of hydrogen-bond acceptors (Lipinski definition) is 0. The lowest BCUT2D eigenvalue weighted by atomic mass is 9.63. The van der Waals surface area contributed by atoms with E-state index in [0.29, 0.717) is 5.92 Å². The standard InChI is InChI=1S/C39H64/c1-25(31-27(34(2,3)4)21-20-22-28(31)35(5,6)7)23-26-32(38(14,15)16)29(36(8,9)10)24-30(37(11,12)13)33(26)39(17,18)19/h20-22,24-25H,23H2,1-19H3. The average molecular weight is 533 g/mol. The lowest BCUT2D eigenvalue weighted by Crippen LogP contribution is -2.32. The predicted molar refractivity (Wildman–Crippen MR) is 177 cm³/mol. The highest BCUT2D eigenvalue weighted by atomic mass is 14.4. The molecule has 0 amide bonds. The Morgan fingerprint density at radius 2 is 0.769 bits per heavy atom. The zero-order chi connectivity index (χ0) is 30.7. The molecule has 0 heterocycles. The van der Waals surface area contributed by atoms with Crippen LogP contribution in [0.25, 0.3) is 0 Å². The maximum absolute atomic E-state index is 2.60. The van der Waals surface area contributed by atoms with E-state index in [2.05, 4.69) is 156 Å². The molecule has 0 fully saturated rings. The number of benzene rings is 2. The first-order chi connectivity index (χ1) is 17.1. The maximum Gasteiger partial charge on any atom is -0.0126 e. The molecule has 2 rings (SSSR count). The summed E-state index contributed by atoms with van der Waals surface area (Å²) in [5.74, 6) is 0.403. The topological polar surface area (TPSA) is 0 Å². The average Bonchev–Trinajstić information content (AvgIpc) is 2.67. The Balaban J connectivity index is 3.15. The van der Waals surface area contributed by atoms with Gasteiger partial charge >= 0.3 is 0 Å². The lowest BCUT2D eigenvalue weighted by Gasteiger charge is -2.41.